The number of thiol groups is 1. The summed E-state index contributed by atoms with van der Waals surface area (Å²) in [5.74, 6) is -0.903. The van der Waals surface area contributed by atoms with Crippen molar-refractivity contribution in [2.75, 3.05) is 7.05 Å². The normalized spacial score (nSPS) is 12.5. The summed E-state index contributed by atoms with van der Waals surface area (Å²) in [7, 11) is 1.60. The Balaban J connectivity index is 3.70. The third kappa shape index (κ3) is 4.80. The quantitative estimate of drug-likeness (QED) is 0.513. The molecule has 4 nitrogen and oxygen atoms in total. The van der Waals surface area contributed by atoms with Gasteiger partial charge in [0.15, 0.2) is 0 Å². The lowest BCUT2D eigenvalue weighted by Crippen LogP contribution is -2.31. The van der Waals surface area contributed by atoms with Crippen LogP contribution in [0.4, 0.5) is 0 Å². The van der Waals surface area contributed by atoms with Gasteiger partial charge in [0.1, 0.15) is 0 Å². The van der Waals surface area contributed by atoms with Crippen LogP contribution in [0.2, 0.25) is 0 Å². The topological polar surface area (TPSA) is 66.4 Å². The van der Waals surface area contributed by atoms with Crippen LogP contribution in [-0.2, 0) is 9.59 Å². The van der Waals surface area contributed by atoms with Crippen LogP contribution in [-0.4, -0.2) is 29.3 Å². The average Bonchev–Trinajstić information content (AvgIpc) is 1.87. The minimum Gasteiger partial charge on any atom is -0.481 e. The highest BCUT2D eigenvalue weighted by Crippen LogP contribution is 2.00. The van der Waals surface area contributed by atoms with E-state index >= 15 is 0 Å². The lowest BCUT2D eigenvalue weighted by atomic mass is 10.2. The molecule has 0 aliphatic rings. The van der Waals surface area contributed by atoms with Crippen LogP contribution >= 0.6 is 12.6 Å². The highest BCUT2D eigenvalue weighted by atomic mass is 32.1. The van der Waals surface area contributed by atoms with Crippen molar-refractivity contribution in [1.29, 1.82) is 0 Å². The molecular formula is C6H11NO3S. The van der Waals surface area contributed by atoms with Crippen LogP contribution in [0.15, 0.2) is 0 Å². The fourth-order valence-corrected chi connectivity index (χ4v) is 0.917. The zero-order chi connectivity index (χ0) is 8.85. The largest absolute Gasteiger partial charge is 0.481 e. The van der Waals surface area contributed by atoms with E-state index in [1.165, 1.54) is 0 Å². The van der Waals surface area contributed by atoms with E-state index in [-0.39, 0.29) is 18.0 Å². The molecule has 0 spiro atoms. The Kier molecular flexibility index (Phi) is 4.89. The minimum atomic E-state index is -0.903. The molecule has 0 radical (unpaired) electrons. The number of aliphatic carboxylic acids is 1. The Hall–Kier alpha value is -0.550. The molecule has 64 valence electrons. The van der Waals surface area contributed by atoms with Crippen molar-refractivity contribution in [2.24, 2.45) is 0 Å². The van der Waals surface area contributed by atoms with Gasteiger partial charge in [0.05, 0.1) is 6.04 Å². The highest BCUT2D eigenvalue weighted by molar-refractivity contribution is 7.96. The first-order valence-corrected chi connectivity index (χ1v) is 3.64. The first kappa shape index (κ1) is 10.4. The van der Waals surface area contributed by atoms with Crippen molar-refractivity contribution in [3.63, 3.8) is 0 Å². The van der Waals surface area contributed by atoms with Crippen LogP contribution in [0.3, 0.4) is 0 Å². The van der Waals surface area contributed by atoms with Gasteiger partial charge in [-0.1, -0.05) is 0 Å². The third-order valence-electron chi connectivity index (χ3n) is 1.29. The first-order valence-electron chi connectivity index (χ1n) is 3.19. The van der Waals surface area contributed by atoms with Gasteiger partial charge in [0.2, 0.25) is 5.12 Å². The molecule has 5 heteroatoms. The van der Waals surface area contributed by atoms with Gasteiger partial charge in [-0.15, -0.1) is 12.6 Å². The molecule has 0 aliphatic heterocycles. The SMILES string of the molecule is CN[C@@H](CCC(=O)O)C(=O)S. The average molecular weight is 177 g/mol. The smallest absolute Gasteiger partial charge is 0.303 e. The van der Waals surface area contributed by atoms with Gasteiger partial charge in [-0.2, -0.15) is 0 Å². The van der Waals surface area contributed by atoms with Crippen molar-refractivity contribution >= 4 is 23.7 Å². The zero-order valence-corrected chi connectivity index (χ0v) is 7.10. The Morgan fingerprint density at radius 2 is 2.18 bits per heavy atom. The number of rotatable bonds is 5. The Morgan fingerprint density at radius 3 is 2.45 bits per heavy atom. The van der Waals surface area contributed by atoms with E-state index in [1.54, 1.807) is 7.05 Å². The molecule has 0 saturated carbocycles. The number of carboxylic acid groups (broad SMARTS) is 1. The molecule has 0 bridgehead atoms. The van der Waals surface area contributed by atoms with Crippen molar-refractivity contribution in [3.8, 4) is 0 Å². The molecule has 2 N–H and O–H groups in total. The first-order chi connectivity index (χ1) is 5.07. The van der Waals surface area contributed by atoms with Gasteiger partial charge in [-0.3, -0.25) is 9.59 Å². The standard InChI is InChI=1S/C6H11NO3S/c1-7-4(6(10)11)2-3-5(8)9/h4,7H,2-3H2,1H3,(H,8,9)(H,10,11)/t4-/m0/s1. The van der Waals surface area contributed by atoms with Gasteiger partial charge >= 0.3 is 5.97 Å². The summed E-state index contributed by atoms with van der Waals surface area (Å²) in [6.07, 6.45) is 0.270. The van der Waals surface area contributed by atoms with Crippen LogP contribution < -0.4 is 5.32 Å². The van der Waals surface area contributed by atoms with Gasteiger partial charge in [0, 0.05) is 6.42 Å². The molecule has 0 fully saturated rings. The summed E-state index contributed by atoms with van der Waals surface area (Å²) in [6.45, 7) is 0. The number of carbonyl (C=O) groups excluding carboxylic acids is 1. The predicted molar refractivity (Wildman–Crippen MR) is 43.7 cm³/mol. The van der Waals surface area contributed by atoms with Crippen molar-refractivity contribution in [1.82, 2.24) is 5.32 Å². The molecule has 11 heavy (non-hydrogen) atoms. The van der Waals surface area contributed by atoms with Gasteiger partial charge in [-0.05, 0) is 13.5 Å². The number of carbonyl (C=O) groups is 2. The number of likely N-dealkylation sites (N-methyl/N-ethyl adjacent to an activating group) is 1. The van der Waals surface area contributed by atoms with E-state index in [0.717, 1.165) is 0 Å². The number of hydrogen-bond acceptors (Lipinski definition) is 3. The second kappa shape index (κ2) is 5.15. The van der Waals surface area contributed by atoms with E-state index in [2.05, 4.69) is 17.9 Å². The minimum absolute atomic E-state index is 0.0161. The summed E-state index contributed by atoms with van der Waals surface area (Å²) >= 11 is 3.58. The molecule has 1 atom stereocenters. The summed E-state index contributed by atoms with van der Waals surface area (Å²) in [5, 5.41) is 10.6. The van der Waals surface area contributed by atoms with Crippen LogP contribution in [0.25, 0.3) is 0 Å². The summed E-state index contributed by atoms with van der Waals surface area (Å²) in [6, 6.07) is -0.450. The summed E-state index contributed by atoms with van der Waals surface area (Å²) in [5.41, 5.74) is 0. The van der Waals surface area contributed by atoms with Crippen LogP contribution in [0, 0.1) is 0 Å². The molecular weight excluding hydrogens is 166 g/mol. The molecule has 0 amide bonds. The second-order valence-corrected chi connectivity index (χ2v) is 2.55. The van der Waals surface area contributed by atoms with E-state index < -0.39 is 12.0 Å². The van der Waals surface area contributed by atoms with Crippen LogP contribution in [0.1, 0.15) is 12.8 Å². The monoisotopic (exact) mass is 177 g/mol. The van der Waals surface area contributed by atoms with E-state index in [4.69, 9.17) is 5.11 Å². The van der Waals surface area contributed by atoms with Gasteiger partial charge < -0.3 is 10.4 Å². The zero-order valence-electron chi connectivity index (χ0n) is 6.20. The maximum Gasteiger partial charge on any atom is 0.303 e. The Bertz CT molecular complexity index is 160. The molecule has 0 saturated heterocycles. The summed E-state index contributed by atoms with van der Waals surface area (Å²) < 4.78 is 0. The molecule has 0 rings (SSSR count). The molecule has 0 heterocycles. The molecule has 0 aromatic heterocycles. The molecule has 0 aliphatic carbocycles. The number of nitrogens with one attached hydrogen (secondary N) is 1. The lowest BCUT2D eigenvalue weighted by Gasteiger charge is -2.08. The molecule has 0 aromatic carbocycles. The third-order valence-corrected chi connectivity index (χ3v) is 1.61. The van der Waals surface area contributed by atoms with E-state index in [9.17, 15) is 9.59 Å². The lowest BCUT2D eigenvalue weighted by molar-refractivity contribution is -0.137. The fraction of sp³-hybridized carbons (Fsp3) is 0.667. The highest BCUT2D eigenvalue weighted by Gasteiger charge is 2.13. The predicted octanol–water partition coefficient (Wildman–Crippen LogP) is -0.104. The Morgan fingerprint density at radius 1 is 1.64 bits per heavy atom. The Labute approximate surface area is 70.4 Å². The maximum atomic E-state index is 10.6. The van der Waals surface area contributed by atoms with Gasteiger partial charge in [-0.25, -0.2) is 0 Å². The summed E-state index contributed by atoms with van der Waals surface area (Å²) in [4.78, 5) is 20.7. The van der Waals surface area contributed by atoms with Crippen molar-refractivity contribution in [3.05, 3.63) is 0 Å². The van der Waals surface area contributed by atoms with E-state index in [1.807, 2.05) is 0 Å². The van der Waals surface area contributed by atoms with Crippen molar-refractivity contribution in [2.45, 2.75) is 18.9 Å². The van der Waals surface area contributed by atoms with Crippen molar-refractivity contribution < 1.29 is 14.7 Å². The van der Waals surface area contributed by atoms with E-state index in [0.29, 0.717) is 0 Å². The fourth-order valence-electron chi connectivity index (χ4n) is 0.659. The number of hydrogen-bond donors (Lipinski definition) is 3. The van der Waals surface area contributed by atoms with Gasteiger partial charge in [0.25, 0.3) is 0 Å². The number of carboxylic acids is 1. The molecule has 0 unspecified atom stereocenters. The maximum absolute atomic E-state index is 10.6. The molecule has 0 aromatic rings. The van der Waals surface area contributed by atoms with Crippen LogP contribution in [0.5, 0.6) is 0 Å². The second-order valence-electron chi connectivity index (χ2n) is 2.11.